The third-order valence-electron chi connectivity index (χ3n) is 6.97. The van der Waals surface area contributed by atoms with Gasteiger partial charge in [0.25, 0.3) is 5.91 Å². The molecule has 3 heterocycles. The van der Waals surface area contributed by atoms with Gasteiger partial charge in [0.2, 0.25) is 5.91 Å². The van der Waals surface area contributed by atoms with E-state index in [2.05, 4.69) is 0 Å². The zero-order valence-electron chi connectivity index (χ0n) is 20.7. The summed E-state index contributed by atoms with van der Waals surface area (Å²) in [7, 11) is 0. The van der Waals surface area contributed by atoms with Gasteiger partial charge < -0.3 is 9.80 Å². The van der Waals surface area contributed by atoms with Crippen LogP contribution < -0.4 is 4.90 Å². The molecule has 0 spiro atoms. The van der Waals surface area contributed by atoms with Crippen LogP contribution in [0.15, 0.2) is 88.8 Å². The van der Waals surface area contributed by atoms with Crippen molar-refractivity contribution in [2.24, 2.45) is 9.98 Å². The van der Waals surface area contributed by atoms with Gasteiger partial charge in [-0.3, -0.25) is 14.6 Å². The maximum absolute atomic E-state index is 14.2. The fourth-order valence-corrected chi connectivity index (χ4v) is 5.90. The van der Waals surface area contributed by atoms with Gasteiger partial charge >= 0.3 is 0 Å². The summed E-state index contributed by atoms with van der Waals surface area (Å²) in [5.74, 6) is 0.333. The molecule has 1 fully saturated rings. The average Bonchev–Trinajstić information content (AvgIpc) is 3.28. The summed E-state index contributed by atoms with van der Waals surface area (Å²) in [6, 6.07) is 23.6. The van der Waals surface area contributed by atoms with Gasteiger partial charge in [-0.15, -0.1) is 0 Å². The lowest BCUT2D eigenvalue weighted by Crippen LogP contribution is -2.50. The van der Waals surface area contributed by atoms with Crippen LogP contribution in [0.25, 0.3) is 0 Å². The quantitative estimate of drug-likeness (QED) is 0.501. The Morgan fingerprint density at radius 3 is 2.42 bits per heavy atom. The van der Waals surface area contributed by atoms with Gasteiger partial charge in [0.15, 0.2) is 5.17 Å². The van der Waals surface area contributed by atoms with E-state index in [-0.39, 0.29) is 23.4 Å². The maximum atomic E-state index is 14.2. The number of rotatable bonds is 5. The molecule has 0 N–H and O–H groups in total. The minimum Gasteiger partial charge on any atom is -0.366 e. The standard InChI is InChI=1S/C29H26FN5O2S/c30-22-11-5-7-13-25(22)33-14-16-34(17-15-33)26(36)19-38-29-32-23-12-6-4-10-21(23)27-31-24(28(37)35(27)29)18-20-8-2-1-3-9-20/h1-13,24H,14-19H2. The SMILES string of the molecule is O=C(CSC1=Nc2ccccc2C2=NC(Cc3ccccc3)C(=O)N12)N1CCN(c2ccccc2F)CC1. The summed E-state index contributed by atoms with van der Waals surface area (Å²) in [6.07, 6.45) is 0.505. The van der Waals surface area contributed by atoms with Crippen LogP contribution in [-0.4, -0.2) is 70.6 Å². The summed E-state index contributed by atoms with van der Waals surface area (Å²) in [5.41, 5.74) is 3.16. The van der Waals surface area contributed by atoms with Gasteiger partial charge in [0.05, 0.1) is 17.1 Å². The Morgan fingerprint density at radius 2 is 1.63 bits per heavy atom. The highest BCUT2D eigenvalue weighted by atomic mass is 32.2. The van der Waals surface area contributed by atoms with E-state index in [1.54, 1.807) is 21.9 Å². The Bertz CT molecular complexity index is 1440. The molecule has 2 amide bonds. The predicted octanol–water partition coefficient (Wildman–Crippen LogP) is 4.11. The number of thioether (sulfide) groups is 1. The van der Waals surface area contributed by atoms with Crippen molar-refractivity contribution in [1.82, 2.24) is 9.80 Å². The number of carbonyl (C=O) groups is 2. The minimum absolute atomic E-state index is 0.0317. The van der Waals surface area contributed by atoms with Crippen LogP contribution in [0, 0.1) is 5.82 Å². The van der Waals surface area contributed by atoms with Crippen LogP contribution in [0.5, 0.6) is 0 Å². The average molecular weight is 528 g/mol. The van der Waals surface area contributed by atoms with Crippen molar-refractivity contribution >= 4 is 46.0 Å². The highest BCUT2D eigenvalue weighted by Gasteiger charge is 2.41. The van der Waals surface area contributed by atoms with Gasteiger partial charge in [-0.2, -0.15) is 0 Å². The number of halogens is 1. The number of amides is 2. The molecule has 9 heteroatoms. The summed E-state index contributed by atoms with van der Waals surface area (Å²) < 4.78 is 14.2. The molecule has 3 aromatic rings. The summed E-state index contributed by atoms with van der Waals surface area (Å²) in [6.45, 7) is 2.15. The van der Waals surface area contributed by atoms with Crippen LogP contribution >= 0.6 is 11.8 Å². The van der Waals surface area contributed by atoms with E-state index < -0.39 is 6.04 Å². The third-order valence-corrected chi connectivity index (χ3v) is 7.89. The number of piperazine rings is 1. The van der Waals surface area contributed by atoms with E-state index in [0.717, 1.165) is 16.8 Å². The lowest BCUT2D eigenvalue weighted by molar-refractivity contribution is -0.128. The minimum atomic E-state index is -0.536. The number of nitrogens with zero attached hydrogens (tertiary/aromatic N) is 5. The first-order valence-corrected chi connectivity index (χ1v) is 13.6. The summed E-state index contributed by atoms with van der Waals surface area (Å²) >= 11 is 1.26. The Balaban J connectivity index is 1.14. The molecule has 1 unspecified atom stereocenters. The number of anilines is 1. The van der Waals surface area contributed by atoms with Gasteiger partial charge in [0, 0.05) is 38.2 Å². The molecular weight excluding hydrogens is 501 g/mol. The third kappa shape index (κ3) is 4.69. The number of fused-ring (bicyclic) bond motifs is 3. The number of hydrogen-bond acceptors (Lipinski definition) is 6. The fraction of sp³-hybridized carbons (Fsp3) is 0.241. The normalized spacial score (nSPS) is 18.6. The van der Waals surface area contributed by atoms with E-state index in [4.69, 9.17) is 9.98 Å². The second-order valence-corrected chi connectivity index (χ2v) is 10.3. The zero-order chi connectivity index (χ0) is 26.1. The largest absolute Gasteiger partial charge is 0.366 e. The van der Waals surface area contributed by atoms with Gasteiger partial charge in [-0.1, -0.05) is 66.4 Å². The Morgan fingerprint density at radius 1 is 0.921 bits per heavy atom. The van der Waals surface area contributed by atoms with Gasteiger partial charge in [-0.25, -0.2) is 14.3 Å². The molecular formula is C29H26FN5O2S. The van der Waals surface area contributed by atoms with Crippen molar-refractivity contribution in [2.45, 2.75) is 12.5 Å². The predicted molar refractivity (Wildman–Crippen MR) is 149 cm³/mol. The number of aliphatic imine (C=N–C) groups is 2. The smallest absolute Gasteiger partial charge is 0.259 e. The molecule has 0 radical (unpaired) electrons. The Kier molecular flexibility index (Phi) is 6.68. The maximum Gasteiger partial charge on any atom is 0.259 e. The molecule has 3 aliphatic heterocycles. The molecule has 6 rings (SSSR count). The van der Waals surface area contributed by atoms with E-state index >= 15 is 0 Å². The molecule has 192 valence electrons. The molecule has 1 saturated heterocycles. The second-order valence-electron chi connectivity index (χ2n) is 9.35. The molecule has 3 aromatic carbocycles. The zero-order valence-corrected chi connectivity index (χ0v) is 21.5. The van der Waals surface area contributed by atoms with Crippen molar-refractivity contribution in [2.75, 3.05) is 36.8 Å². The van der Waals surface area contributed by atoms with Crippen molar-refractivity contribution < 1.29 is 14.0 Å². The van der Waals surface area contributed by atoms with Crippen LogP contribution in [0.3, 0.4) is 0 Å². The Hall–Kier alpha value is -3.98. The van der Waals surface area contributed by atoms with Gasteiger partial charge in [-0.05, 0) is 29.8 Å². The number of benzene rings is 3. The fourth-order valence-electron chi connectivity index (χ4n) is 4.99. The van der Waals surface area contributed by atoms with Crippen LogP contribution in [0.4, 0.5) is 15.8 Å². The first-order valence-electron chi connectivity index (χ1n) is 12.6. The van der Waals surface area contributed by atoms with Crippen molar-refractivity contribution in [3.05, 3.63) is 95.8 Å². The number of hydrogen-bond donors (Lipinski definition) is 0. The van der Waals surface area contributed by atoms with E-state index in [9.17, 15) is 14.0 Å². The Labute approximate surface area is 224 Å². The van der Waals surface area contributed by atoms with E-state index in [1.165, 1.54) is 17.8 Å². The number of carbonyl (C=O) groups excluding carboxylic acids is 2. The number of amidine groups is 2. The molecule has 0 saturated carbocycles. The van der Waals surface area contributed by atoms with Crippen LogP contribution in [0.2, 0.25) is 0 Å². The number of para-hydroxylation sites is 2. The van der Waals surface area contributed by atoms with Crippen molar-refractivity contribution in [3.8, 4) is 0 Å². The second kappa shape index (κ2) is 10.4. The van der Waals surface area contributed by atoms with Crippen LogP contribution in [0.1, 0.15) is 11.1 Å². The van der Waals surface area contributed by atoms with Crippen LogP contribution in [-0.2, 0) is 16.0 Å². The molecule has 7 nitrogen and oxygen atoms in total. The highest BCUT2D eigenvalue weighted by molar-refractivity contribution is 8.14. The monoisotopic (exact) mass is 527 g/mol. The summed E-state index contributed by atoms with van der Waals surface area (Å²) in [4.78, 5) is 41.5. The molecule has 0 aliphatic carbocycles. The molecule has 0 aromatic heterocycles. The molecule has 3 aliphatic rings. The lowest BCUT2D eigenvalue weighted by Gasteiger charge is -2.36. The van der Waals surface area contributed by atoms with E-state index in [0.29, 0.717) is 49.3 Å². The molecule has 1 atom stereocenters. The highest BCUT2D eigenvalue weighted by Crippen LogP contribution is 2.34. The molecule has 38 heavy (non-hydrogen) atoms. The lowest BCUT2D eigenvalue weighted by atomic mass is 10.1. The van der Waals surface area contributed by atoms with Crippen molar-refractivity contribution in [1.29, 1.82) is 0 Å². The van der Waals surface area contributed by atoms with Crippen molar-refractivity contribution in [3.63, 3.8) is 0 Å². The first kappa shape index (κ1) is 24.4. The summed E-state index contributed by atoms with van der Waals surface area (Å²) in [5, 5.41) is 0.473. The topological polar surface area (TPSA) is 68.6 Å². The molecule has 0 bridgehead atoms. The van der Waals surface area contributed by atoms with E-state index in [1.807, 2.05) is 65.6 Å². The first-order chi connectivity index (χ1) is 18.6. The van der Waals surface area contributed by atoms with Gasteiger partial charge in [0.1, 0.15) is 17.7 Å².